The second kappa shape index (κ2) is 4.78. The van der Waals surface area contributed by atoms with Crippen LogP contribution in [0.25, 0.3) is 27.5 Å². The van der Waals surface area contributed by atoms with E-state index in [-0.39, 0.29) is 5.56 Å². The van der Waals surface area contributed by atoms with Gasteiger partial charge in [0.25, 0.3) is 0 Å². The molecule has 0 fully saturated rings. The maximum absolute atomic E-state index is 13.5. The first-order valence-electron chi connectivity index (χ1n) is 7.35. The van der Waals surface area contributed by atoms with Crippen molar-refractivity contribution in [3.05, 3.63) is 59.5 Å². The third-order valence-electron chi connectivity index (χ3n) is 4.19. The molecule has 23 heavy (non-hydrogen) atoms. The molecule has 4 aromatic rings. The zero-order valence-corrected chi connectivity index (χ0v) is 12.4. The zero-order valence-electron chi connectivity index (χ0n) is 12.4. The quantitative estimate of drug-likeness (QED) is 0.608. The van der Waals surface area contributed by atoms with Crippen LogP contribution in [0, 0.1) is 5.82 Å². The van der Waals surface area contributed by atoms with E-state index < -0.39 is 11.8 Å². The fourth-order valence-electron chi connectivity index (χ4n) is 3.30. The molecule has 0 saturated heterocycles. The Bertz CT molecular complexity index is 1100. The van der Waals surface area contributed by atoms with Crippen LogP contribution in [-0.2, 0) is 6.42 Å². The van der Waals surface area contributed by atoms with E-state index in [1.165, 1.54) is 12.1 Å². The third-order valence-corrected chi connectivity index (χ3v) is 4.19. The van der Waals surface area contributed by atoms with Gasteiger partial charge in [-0.05, 0) is 30.2 Å². The van der Waals surface area contributed by atoms with Crippen LogP contribution in [-0.4, -0.2) is 20.5 Å². The van der Waals surface area contributed by atoms with Crippen LogP contribution in [0.1, 0.15) is 22.8 Å². The fourth-order valence-corrected chi connectivity index (χ4v) is 3.30. The molecule has 3 aromatic heterocycles. The molecule has 0 aliphatic carbocycles. The Kier molecular flexibility index (Phi) is 2.84. The van der Waals surface area contributed by atoms with Crippen LogP contribution < -0.4 is 0 Å². The Balaban J connectivity index is 2.38. The van der Waals surface area contributed by atoms with E-state index in [2.05, 4.69) is 4.98 Å². The number of rotatable bonds is 2. The van der Waals surface area contributed by atoms with Crippen LogP contribution in [0.15, 0.2) is 42.6 Å². The monoisotopic (exact) mass is 308 g/mol. The summed E-state index contributed by atoms with van der Waals surface area (Å²) in [6.45, 7) is 2.00. The average Bonchev–Trinajstić information content (AvgIpc) is 2.88. The summed E-state index contributed by atoms with van der Waals surface area (Å²) in [5, 5.41) is 11.1. The number of fused-ring (bicyclic) bond motifs is 5. The molecule has 0 bridgehead atoms. The Morgan fingerprint density at radius 3 is 2.83 bits per heavy atom. The molecule has 4 rings (SSSR count). The second-order valence-corrected chi connectivity index (χ2v) is 5.46. The first-order valence-corrected chi connectivity index (χ1v) is 7.35. The summed E-state index contributed by atoms with van der Waals surface area (Å²) in [5.74, 6) is -1.51. The lowest BCUT2D eigenvalue weighted by Crippen LogP contribution is -2.03. The highest BCUT2D eigenvalue weighted by molar-refractivity contribution is 6.07. The topological polar surface area (TPSA) is 54.6 Å². The fraction of sp³-hybridized carbons (Fsp3) is 0.111. The highest BCUT2D eigenvalue weighted by atomic mass is 19.1. The van der Waals surface area contributed by atoms with Crippen molar-refractivity contribution >= 4 is 33.4 Å². The molecule has 0 spiro atoms. The highest BCUT2D eigenvalue weighted by Gasteiger charge is 2.20. The molecule has 0 aliphatic heterocycles. The van der Waals surface area contributed by atoms with E-state index in [9.17, 15) is 14.3 Å². The van der Waals surface area contributed by atoms with Crippen molar-refractivity contribution in [2.24, 2.45) is 0 Å². The van der Waals surface area contributed by atoms with Crippen molar-refractivity contribution in [1.82, 2.24) is 9.38 Å². The lowest BCUT2D eigenvalue weighted by molar-refractivity contribution is 0.0698. The Labute approximate surface area is 130 Å². The maximum atomic E-state index is 13.5. The minimum absolute atomic E-state index is 0.165. The van der Waals surface area contributed by atoms with Gasteiger partial charge in [-0.1, -0.05) is 25.1 Å². The molecule has 0 amide bonds. The van der Waals surface area contributed by atoms with Crippen molar-refractivity contribution < 1.29 is 14.3 Å². The number of aryl methyl sites for hydroxylation is 1. The predicted octanol–water partition coefficient (Wildman–Crippen LogP) is 4.04. The van der Waals surface area contributed by atoms with Crippen molar-refractivity contribution in [1.29, 1.82) is 0 Å². The number of pyridine rings is 2. The zero-order chi connectivity index (χ0) is 16.1. The van der Waals surface area contributed by atoms with Crippen molar-refractivity contribution in [3.63, 3.8) is 0 Å². The van der Waals surface area contributed by atoms with Gasteiger partial charge in [0.15, 0.2) is 0 Å². The number of aromatic nitrogens is 2. The van der Waals surface area contributed by atoms with Gasteiger partial charge in [0.05, 0.1) is 22.8 Å². The molecule has 0 radical (unpaired) electrons. The van der Waals surface area contributed by atoms with E-state index in [0.717, 1.165) is 22.7 Å². The standard InChI is InChI=1S/C18H13FN2O2/c1-2-12-13-5-3-4-6-15(13)21-16(12)14(18(22)23)8-10-7-11(19)9-20-17(10)21/h3-9H,2H2,1H3,(H,22,23). The van der Waals surface area contributed by atoms with E-state index in [1.54, 1.807) is 0 Å². The lowest BCUT2D eigenvalue weighted by atomic mass is 10.1. The highest BCUT2D eigenvalue weighted by Crippen LogP contribution is 2.33. The van der Waals surface area contributed by atoms with Gasteiger partial charge in [0.2, 0.25) is 0 Å². The molecule has 0 atom stereocenters. The normalized spacial score (nSPS) is 11.6. The number of carboxylic acid groups (broad SMARTS) is 1. The average molecular weight is 308 g/mol. The van der Waals surface area contributed by atoms with E-state index in [1.807, 2.05) is 35.6 Å². The largest absolute Gasteiger partial charge is 0.478 e. The number of hydrogen-bond acceptors (Lipinski definition) is 2. The van der Waals surface area contributed by atoms with Crippen LogP contribution in [0.4, 0.5) is 4.39 Å². The SMILES string of the molecule is CCc1c2ccccc2n2c1c(C(=O)O)cc1cc(F)cnc12. The molecular weight excluding hydrogens is 295 g/mol. The van der Waals surface area contributed by atoms with Gasteiger partial charge in [0, 0.05) is 10.8 Å². The Hall–Kier alpha value is -2.95. The number of para-hydroxylation sites is 1. The molecule has 0 saturated carbocycles. The second-order valence-electron chi connectivity index (χ2n) is 5.46. The molecule has 5 heteroatoms. The number of aromatic carboxylic acids is 1. The molecule has 0 aliphatic rings. The van der Waals surface area contributed by atoms with E-state index in [0.29, 0.717) is 23.0 Å². The lowest BCUT2D eigenvalue weighted by Gasteiger charge is -2.08. The van der Waals surface area contributed by atoms with Gasteiger partial charge in [0.1, 0.15) is 11.5 Å². The van der Waals surface area contributed by atoms with Gasteiger partial charge in [-0.2, -0.15) is 0 Å². The minimum Gasteiger partial charge on any atom is -0.478 e. The van der Waals surface area contributed by atoms with Crippen LogP contribution in [0.2, 0.25) is 0 Å². The van der Waals surface area contributed by atoms with Crippen LogP contribution in [0.5, 0.6) is 0 Å². The summed E-state index contributed by atoms with van der Waals surface area (Å²) in [6, 6.07) is 10.5. The molecule has 0 unspecified atom stereocenters. The molecule has 1 N–H and O–H groups in total. The summed E-state index contributed by atoms with van der Waals surface area (Å²) < 4.78 is 15.4. The summed E-state index contributed by atoms with van der Waals surface area (Å²) in [7, 11) is 0. The molecular formula is C18H13FN2O2. The number of carbonyl (C=O) groups is 1. The first-order chi connectivity index (χ1) is 11.1. The van der Waals surface area contributed by atoms with Crippen molar-refractivity contribution in [3.8, 4) is 0 Å². The number of carboxylic acids is 1. The van der Waals surface area contributed by atoms with Crippen molar-refractivity contribution in [2.75, 3.05) is 0 Å². The smallest absolute Gasteiger partial charge is 0.337 e. The number of hydrogen-bond donors (Lipinski definition) is 1. The minimum atomic E-state index is -1.03. The summed E-state index contributed by atoms with van der Waals surface area (Å²) in [6.07, 6.45) is 1.85. The third kappa shape index (κ3) is 1.83. The van der Waals surface area contributed by atoms with Gasteiger partial charge in [-0.25, -0.2) is 14.2 Å². The predicted molar refractivity (Wildman–Crippen MR) is 86.5 cm³/mol. The Morgan fingerprint density at radius 1 is 1.30 bits per heavy atom. The van der Waals surface area contributed by atoms with E-state index in [4.69, 9.17) is 0 Å². The van der Waals surface area contributed by atoms with Gasteiger partial charge < -0.3 is 5.11 Å². The van der Waals surface area contributed by atoms with Crippen molar-refractivity contribution in [2.45, 2.75) is 13.3 Å². The van der Waals surface area contributed by atoms with Crippen LogP contribution >= 0.6 is 0 Å². The summed E-state index contributed by atoms with van der Waals surface area (Å²) >= 11 is 0. The number of benzene rings is 1. The summed E-state index contributed by atoms with van der Waals surface area (Å²) in [5.41, 5.74) is 3.20. The van der Waals surface area contributed by atoms with E-state index >= 15 is 0 Å². The molecule has 114 valence electrons. The maximum Gasteiger partial charge on any atom is 0.337 e. The summed E-state index contributed by atoms with van der Waals surface area (Å²) in [4.78, 5) is 16.0. The molecule has 1 aromatic carbocycles. The molecule has 4 nitrogen and oxygen atoms in total. The van der Waals surface area contributed by atoms with Gasteiger partial charge >= 0.3 is 5.97 Å². The molecule has 3 heterocycles. The van der Waals surface area contributed by atoms with Gasteiger partial charge in [-0.15, -0.1) is 0 Å². The first kappa shape index (κ1) is 13.7. The number of nitrogens with zero attached hydrogens (tertiary/aromatic N) is 2. The van der Waals surface area contributed by atoms with Crippen LogP contribution in [0.3, 0.4) is 0 Å². The van der Waals surface area contributed by atoms with Gasteiger partial charge in [-0.3, -0.25) is 4.40 Å². The number of halogens is 1. The Morgan fingerprint density at radius 2 is 2.09 bits per heavy atom.